The molecule has 2 aromatic carbocycles. The lowest BCUT2D eigenvalue weighted by Crippen LogP contribution is -2.32. The van der Waals surface area contributed by atoms with Crippen LogP contribution in [0.4, 0.5) is 11.4 Å². The van der Waals surface area contributed by atoms with Crippen LogP contribution in [0.5, 0.6) is 0 Å². The second-order valence-corrected chi connectivity index (χ2v) is 9.42. The van der Waals surface area contributed by atoms with Gasteiger partial charge in [-0.05, 0) is 67.6 Å². The van der Waals surface area contributed by atoms with Gasteiger partial charge in [-0.15, -0.1) is 0 Å². The van der Waals surface area contributed by atoms with Crippen molar-refractivity contribution >= 4 is 27.3 Å². The van der Waals surface area contributed by atoms with E-state index in [1.54, 1.807) is 19.9 Å². The molecule has 29 heavy (non-hydrogen) atoms. The topological polar surface area (TPSA) is 78.5 Å². The summed E-state index contributed by atoms with van der Waals surface area (Å²) in [4.78, 5) is 15.2. The molecule has 1 fully saturated rings. The van der Waals surface area contributed by atoms with E-state index in [1.165, 1.54) is 25.0 Å². The van der Waals surface area contributed by atoms with Crippen LogP contribution in [0.15, 0.2) is 47.4 Å². The molecule has 2 N–H and O–H groups in total. The van der Waals surface area contributed by atoms with E-state index in [2.05, 4.69) is 21.9 Å². The molecule has 0 spiro atoms. The maximum absolute atomic E-state index is 12.8. The lowest BCUT2D eigenvalue weighted by Gasteiger charge is -2.32. The quantitative estimate of drug-likeness (QED) is 0.753. The molecule has 0 radical (unpaired) electrons. The summed E-state index contributed by atoms with van der Waals surface area (Å²) in [6, 6.07) is 12.4. The van der Waals surface area contributed by atoms with Crippen molar-refractivity contribution < 1.29 is 13.2 Å². The Balaban J connectivity index is 1.73. The van der Waals surface area contributed by atoms with Gasteiger partial charge in [-0.1, -0.05) is 19.9 Å². The zero-order valence-electron chi connectivity index (χ0n) is 17.2. The molecule has 0 aliphatic carbocycles. The van der Waals surface area contributed by atoms with E-state index in [0.717, 1.165) is 30.3 Å². The molecule has 0 aromatic heterocycles. The Hall–Kier alpha value is -2.38. The van der Waals surface area contributed by atoms with E-state index in [1.807, 2.05) is 24.3 Å². The molecule has 156 valence electrons. The number of hydrogen-bond donors (Lipinski definition) is 2. The van der Waals surface area contributed by atoms with Gasteiger partial charge in [-0.3, -0.25) is 4.79 Å². The van der Waals surface area contributed by atoms with E-state index < -0.39 is 10.0 Å². The standard InChI is InChI=1S/C22H29N3O3S/c1-4-23-29(27,28)20-10-5-17(3)21(15-20)22(26)24-18-6-8-19(9-7-18)25-13-11-16(2)12-14-25/h5-10,15-16,23H,4,11-14H2,1-3H3,(H,24,26). The van der Waals surface area contributed by atoms with Gasteiger partial charge in [0.05, 0.1) is 4.90 Å². The first-order valence-corrected chi connectivity index (χ1v) is 11.5. The summed E-state index contributed by atoms with van der Waals surface area (Å²) < 4.78 is 26.9. The highest BCUT2D eigenvalue weighted by atomic mass is 32.2. The maximum Gasteiger partial charge on any atom is 0.255 e. The Kier molecular flexibility index (Phi) is 6.59. The van der Waals surface area contributed by atoms with Crippen LogP contribution in [0.25, 0.3) is 0 Å². The van der Waals surface area contributed by atoms with Crippen molar-refractivity contribution in [2.24, 2.45) is 5.92 Å². The number of carbonyl (C=O) groups is 1. The number of piperidine rings is 1. The fourth-order valence-electron chi connectivity index (χ4n) is 3.51. The molecule has 0 saturated carbocycles. The van der Waals surface area contributed by atoms with Crippen molar-refractivity contribution in [1.29, 1.82) is 0 Å². The van der Waals surface area contributed by atoms with Gasteiger partial charge in [0.25, 0.3) is 5.91 Å². The molecule has 1 saturated heterocycles. The highest BCUT2D eigenvalue weighted by Gasteiger charge is 2.18. The predicted molar refractivity (Wildman–Crippen MR) is 117 cm³/mol. The van der Waals surface area contributed by atoms with Crippen molar-refractivity contribution in [3.8, 4) is 0 Å². The molecule has 3 rings (SSSR count). The van der Waals surface area contributed by atoms with Gasteiger partial charge in [-0.2, -0.15) is 0 Å². The largest absolute Gasteiger partial charge is 0.372 e. The molecule has 0 atom stereocenters. The van der Waals surface area contributed by atoms with Gasteiger partial charge in [0, 0.05) is 36.6 Å². The Morgan fingerprint density at radius 1 is 1.10 bits per heavy atom. The second kappa shape index (κ2) is 8.97. The third-order valence-electron chi connectivity index (χ3n) is 5.37. The summed E-state index contributed by atoms with van der Waals surface area (Å²) in [5.41, 5.74) is 2.91. The number of amides is 1. The lowest BCUT2D eigenvalue weighted by atomic mass is 9.99. The van der Waals surface area contributed by atoms with E-state index in [4.69, 9.17) is 0 Å². The number of carbonyl (C=O) groups excluding carboxylic acids is 1. The molecule has 0 bridgehead atoms. The van der Waals surface area contributed by atoms with Crippen molar-refractivity contribution in [1.82, 2.24) is 4.72 Å². The highest BCUT2D eigenvalue weighted by Crippen LogP contribution is 2.25. The minimum absolute atomic E-state index is 0.0878. The average Bonchev–Trinajstić information content (AvgIpc) is 2.69. The van der Waals surface area contributed by atoms with Gasteiger partial charge in [0.15, 0.2) is 0 Å². The summed E-state index contributed by atoms with van der Waals surface area (Å²) in [5.74, 6) is 0.454. The number of anilines is 2. The van der Waals surface area contributed by atoms with Crippen molar-refractivity contribution in [3.63, 3.8) is 0 Å². The smallest absolute Gasteiger partial charge is 0.255 e. The summed E-state index contributed by atoms with van der Waals surface area (Å²) in [6.07, 6.45) is 2.40. The average molecular weight is 416 g/mol. The normalized spacial score (nSPS) is 15.3. The minimum atomic E-state index is -3.61. The number of sulfonamides is 1. The van der Waals surface area contributed by atoms with Crippen LogP contribution in [0.3, 0.4) is 0 Å². The maximum atomic E-state index is 12.8. The summed E-state index contributed by atoms with van der Waals surface area (Å²) >= 11 is 0. The zero-order valence-corrected chi connectivity index (χ0v) is 18.1. The first-order valence-electron chi connectivity index (χ1n) is 10.1. The van der Waals surface area contributed by atoms with Crippen LogP contribution in [0.1, 0.15) is 42.6 Å². The number of benzene rings is 2. The van der Waals surface area contributed by atoms with Crippen molar-refractivity contribution in [2.75, 3.05) is 29.9 Å². The van der Waals surface area contributed by atoms with Gasteiger partial charge in [0.2, 0.25) is 10.0 Å². The fraction of sp³-hybridized carbons (Fsp3) is 0.409. The number of nitrogens with one attached hydrogen (secondary N) is 2. The van der Waals surface area contributed by atoms with E-state index in [0.29, 0.717) is 17.8 Å². The Labute approximate surface area is 173 Å². The zero-order chi connectivity index (χ0) is 21.0. The monoisotopic (exact) mass is 415 g/mol. The predicted octanol–water partition coefficient (Wildman–Crippen LogP) is 3.78. The third-order valence-corrected chi connectivity index (χ3v) is 6.92. The molecule has 0 unspecified atom stereocenters. The summed E-state index contributed by atoms with van der Waals surface area (Å²) in [5, 5.41) is 2.87. The number of aryl methyl sites for hydroxylation is 1. The van der Waals surface area contributed by atoms with Crippen LogP contribution in [0, 0.1) is 12.8 Å². The summed E-state index contributed by atoms with van der Waals surface area (Å²) in [7, 11) is -3.61. The van der Waals surface area contributed by atoms with Crippen LogP contribution >= 0.6 is 0 Å². The fourth-order valence-corrected chi connectivity index (χ4v) is 4.57. The minimum Gasteiger partial charge on any atom is -0.372 e. The van der Waals surface area contributed by atoms with E-state index >= 15 is 0 Å². The molecule has 6 nitrogen and oxygen atoms in total. The van der Waals surface area contributed by atoms with Crippen molar-refractivity contribution in [2.45, 2.75) is 38.5 Å². The number of rotatable bonds is 6. The van der Waals surface area contributed by atoms with Gasteiger partial charge in [-0.25, -0.2) is 13.1 Å². The number of nitrogens with zero attached hydrogens (tertiary/aromatic N) is 1. The molecule has 2 aromatic rings. The van der Waals surface area contributed by atoms with Crippen LogP contribution in [-0.4, -0.2) is 34.0 Å². The Morgan fingerprint density at radius 3 is 2.38 bits per heavy atom. The SMILES string of the molecule is CCNS(=O)(=O)c1ccc(C)c(C(=O)Nc2ccc(N3CCC(C)CC3)cc2)c1. The van der Waals surface area contributed by atoms with Crippen LogP contribution < -0.4 is 14.9 Å². The van der Waals surface area contributed by atoms with Crippen molar-refractivity contribution in [3.05, 3.63) is 53.6 Å². The van der Waals surface area contributed by atoms with Crippen LogP contribution in [-0.2, 0) is 10.0 Å². The molecular formula is C22H29N3O3S. The second-order valence-electron chi connectivity index (χ2n) is 7.65. The number of hydrogen-bond acceptors (Lipinski definition) is 4. The van der Waals surface area contributed by atoms with Gasteiger partial charge < -0.3 is 10.2 Å². The molecule has 1 aliphatic heterocycles. The first kappa shape index (κ1) is 21.3. The molecule has 1 amide bonds. The van der Waals surface area contributed by atoms with E-state index in [-0.39, 0.29) is 10.8 Å². The molecule has 1 heterocycles. The molecule has 7 heteroatoms. The Bertz CT molecular complexity index is 963. The lowest BCUT2D eigenvalue weighted by molar-refractivity contribution is 0.102. The molecular weight excluding hydrogens is 386 g/mol. The Morgan fingerprint density at radius 2 is 1.76 bits per heavy atom. The van der Waals surface area contributed by atoms with Crippen LogP contribution in [0.2, 0.25) is 0 Å². The van der Waals surface area contributed by atoms with E-state index in [9.17, 15) is 13.2 Å². The third kappa shape index (κ3) is 5.16. The molecule has 1 aliphatic rings. The van der Waals surface area contributed by atoms with Gasteiger partial charge in [0.1, 0.15) is 0 Å². The highest BCUT2D eigenvalue weighted by molar-refractivity contribution is 7.89. The summed E-state index contributed by atoms with van der Waals surface area (Å²) in [6.45, 7) is 8.20. The first-order chi connectivity index (χ1) is 13.8. The van der Waals surface area contributed by atoms with Gasteiger partial charge >= 0.3 is 0 Å².